The van der Waals surface area contributed by atoms with Crippen molar-refractivity contribution in [3.05, 3.63) is 29.0 Å². The van der Waals surface area contributed by atoms with E-state index in [9.17, 15) is 4.79 Å². The van der Waals surface area contributed by atoms with Crippen molar-refractivity contribution in [2.75, 3.05) is 37.7 Å². The van der Waals surface area contributed by atoms with Crippen LogP contribution in [-0.4, -0.2) is 58.4 Å². The molecule has 0 N–H and O–H groups in total. The Hall–Kier alpha value is -1.93. The van der Waals surface area contributed by atoms with Crippen LogP contribution >= 0.6 is 11.3 Å². The van der Waals surface area contributed by atoms with E-state index in [1.54, 1.807) is 28.3 Å². The number of thiazole rings is 1. The second-order valence-corrected chi connectivity index (χ2v) is 7.05. The molecule has 7 nitrogen and oxygen atoms in total. The van der Waals surface area contributed by atoms with E-state index < -0.39 is 0 Å². The van der Waals surface area contributed by atoms with Crippen molar-refractivity contribution in [2.24, 2.45) is 7.05 Å². The Kier molecular flexibility index (Phi) is 4.24. The van der Waals surface area contributed by atoms with Gasteiger partial charge < -0.3 is 14.5 Å². The fourth-order valence-corrected chi connectivity index (χ4v) is 4.18. The molecule has 2 aliphatic heterocycles. The number of hydrogen-bond acceptors (Lipinski definition) is 6. The first-order chi connectivity index (χ1) is 11.7. The molecule has 2 saturated heterocycles. The molecule has 1 amide bonds. The van der Waals surface area contributed by atoms with Gasteiger partial charge in [-0.3, -0.25) is 9.48 Å². The molecule has 4 rings (SSSR count). The number of anilines is 1. The summed E-state index contributed by atoms with van der Waals surface area (Å²) < 4.78 is 7.27. The number of carbonyl (C=O) groups is 1. The highest BCUT2D eigenvalue weighted by Crippen LogP contribution is 2.31. The maximum atomic E-state index is 12.8. The van der Waals surface area contributed by atoms with Crippen LogP contribution in [0.3, 0.4) is 0 Å². The number of aryl methyl sites for hydroxylation is 1. The number of rotatable bonds is 3. The second kappa shape index (κ2) is 6.52. The summed E-state index contributed by atoms with van der Waals surface area (Å²) in [5.41, 5.74) is 1.39. The van der Waals surface area contributed by atoms with Gasteiger partial charge in [0.15, 0.2) is 5.13 Å². The van der Waals surface area contributed by atoms with Gasteiger partial charge in [0, 0.05) is 38.3 Å². The highest BCUT2D eigenvalue weighted by atomic mass is 32.1. The summed E-state index contributed by atoms with van der Waals surface area (Å²) in [5, 5.41) is 7.36. The summed E-state index contributed by atoms with van der Waals surface area (Å²) in [6.45, 7) is 3.76. The molecular formula is C16H21N5O2S. The molecule has 4 heterocycles. The first-order valence-electron chi connectivity index (χ1n) is 8.31. The molecule has 2 fully saturated rings. The van der Waals surface area contributed by atoms with E-state index in [0.717, 1.165) is 23.9 Å². The lowest BCUT2D eigenvalue weighted by molar-refractivity contribution is -0.00406. The fourth-order valence-electron chi connectivity index (χ4n) is 3.25. The second-order valence-electron chi connectivity index (χ2n) is 6.21. The molecule has 0 aliphatic carbocycles. The van der Waals surface area contributed by atoms with Crippen LogP contribution in [0.2, 0.25) is 0 Å². The van der Waals surface area contributed by atoms with Crippen LogP contribution in [0.5, 0.6) is 0 Å². The summed E-state index contributed by atoms with van der Waals surface area (Å²) >= 11 is 1.66. The average Bonchev–Trinajstić information content (AvgIpc) is 3.35. The quantitative estimate of drug-likeness (QED) is 0.845. The molecule has 0 unspecified atom stereocenters. The summed E-state index contributed by atoms with van der Waals surface area (Å²) in [4.78, 5) is 21.8. The van der Waals surface area contributed by atoms with E-state index >= 15 is 0 Å². The van der Waals surface area contributed by atoms with Crippen molar-refractivity contribution in [1.29, 1.82) is 0 Å². The summed E-state index contributed by atoms with van der Waals surface area (Å²) in [6.07, 6.45) is 4.24. The molecule has 0 radical (unpaired) electrons. The fraction of sp³-hybridized carbons (Fsp3) is 0.562. The summed E-state index contributed by atoms with van der Waals surface area (Å²) in [6, 6.07) is 1.62. The molecule has 128 valence electrons. The minimum Gasteiger partial charge on any atom is -0.377 e. The van der Waals surface area contributed by atoms with Gasteiger partial charge in [0.1, 0.15) is 5.69 Å². The zero-order valence-electron chi connectivity index (χ0n) is 13.7. The highest BCUT2D eigenvalue weighted by molar-refractivity contribution is 7.13. The van der Waals surface area contributed by atoms with Crippen molar-refractivity contribution in [3.63, 3.8) is 0 Å². The normalized spacial score (nSPS) is 21.5. The van der Waals surface area contributed by atoms with Crippen LogP contribution in [0.25, 0.3) is 0 Å². The van der Waals surface area contributed by atoms with Crippen molar-refractivity contribution >= 4 is 22.4 Å². The van der Waals surface area contributed by atoms with E-state index in [4.69, 9.17) is 9.72 Å². The Balaban J connectivity index is 1.56. The standard InChI is InChI=1S/C16H21N5O2S/c1-19-7-4-12(18-19)15(22)21-8-9-23-10-14(21)13-11-24-16(17-13)20-5-2-3-6-20/h4,7,11,14H,2-3,5-6,8-10H2,1H3/t14-/m0/s1. The number of aromatic nitrogens is 3. The molecule has 2 aromatic rings. The van der Waals surface area contributed by atoms with Crippen LogP contribution < -0.4 is 4.90 Å². The monoisotopic (exact) mass is 347 g/mol. The predicted octanol–water partition coefficient (Wildman–Crippen LogP) is 1.69. The molecule has 0 spiro atoms. The smallest absolute Gasteiger partial charge is 0.275 e. The Morgan fingerprint density at radius 3 is 2.92 bits per heavy atom. The van der Waals surface area contributed by atoms with Gasteiger partial charge in [-0.15, -0.1) is 11.3 Å². The van der Waals surface area contributed by atoms with Crippen molar-refractivity contribution in [2.45, 2.75) is 18.9 Å². The van der Waals surface area contributed by atoms with Crippen LogP contribution in [0.15, 0.2) is 17.6 Å². The number of hydrogen-bond donors (Lipinski definition) is 0. The Morgan fingerprint density at radius 2 is 2.17 bits per heavy atom. The third-order valence-corrected chi connectivity index (χ3v) is 5.47. The third kappa shape index (κ3) is 2.91. The summed E-state index contributed by atoms with van der Waals surface area (Å²) in [7, 11) is 1.82. The zero-order chi connectivity index (χ0) is 16.5. The molecule has 0 bridgehead atoms. The topological polar surface area (TPSA) is 63.5 Å². The van der Waals surface area contributed by atoms with E-state index in [1.807, 2.05) is 11.9 Å². The Morgan fingerprint density at radius 1 is 1.33 bits per heavy atom. The van der Waals surface area contributed by atoms with Gasteiger partial charge in [-0.25, -0.2) is 4.98 Å². The Bertz CT molecular complexity index is 722. The number of nitrogens with zero attached hydrogens (tertiary/aromatic N) is 5. The van der Waals surface area contributed by atoms with E-state index in [2.05, 4.69) is 15.4 Å². The maximum absolute atomic E-state index is 12.8. The minimum atomic E-state index is -0.138. The van der Waals surface area contributed by atoms with Gasteiger partial charge >= 0.3 is 0 Å². The largest absolute Gasteiger partial charge is 0.377 e. The zero-order valence-corrected chi connectivity index (χ0v) is 14.5. The molecule has 2 aromatic heterocycles. The maximum Gasteiger partial charge on any atom is 0.275 e. The highest BCUT2D eigenvalue weighted by Gasteiger charge is 2.32. The lowest BCUT2D eigenvalue weighted by Crippen LogP contribution is -2.43. The van der Waals surface area contributed by atoms with Gasteiger partial charge in [-0.05, 0) is 18.9 Å². The molecule has 8 heteroatoms. The average molecular weight is 347 g/mol. The third-order valence-electron chi connectivity index (χ3n) is 4.55. The van der Waals surface area contributed by atoms with Crippen LogP contribution in [0.1, 0.15) is 35.1 Å². The van der Waals surface area contributed by atoms with Gasteiger partial charge in [-0.1, -0.05) is 0 Å². The molecule has 2 aliphatic rings. The first kappa shape index (κ1) is 15.6. The number of carbonyl (C=O) groups excluding carboxylic acids is 1. The number of amides is 1. The van der Waals surface area contributed by atoms with Gasteiger partial charge in [0.05, 0.1) is 24.9 Å². The minimum absolute atomic E-state index is 0.0559. The lowest BCUT2D eigenvalue weighted by Gasteiger charge is -2.34. The molecule has 24 heavy (non-hydrogen) atoms. The van der Waals surface area contributed by atoms with E-state index in [1.165, 1.54) is 12.8 Å². The molecule has 1 atom stereocenters. The van der Waals surface area contributed by atoms with E-state index in [-0.39, 0.29) is 11.9 Å². The van der Waals surface area contributed by atoms with Crippen LogP contribution in [0.4, 0.5) is 5.13 Å². The van der Waals surface area contributed by atoms with Gasteiger partial charge in [-0.2, -0.15) is 5.10 Å². The Labute approximate surface area is 144 Å². The van der Waals surface area contributed by atoms with Crippen molar-refractivity contribution in [1.82, 2.24) is 19.7 Å². The molecule has 0 aromatic carbocycles. The molecular weight excluding hydrogens is 326 g/mol. The van der Waals surface area contributed by atoms with Crippen LogP contribution in [0, 0.1) is 0 Å². The first-order valence-corrected chi connectivity index (χ1v) is 9.19. The molecule has 0 saturated carbocycles. The number of ether oxygens (including phenoxy) is 1. The predicted molar refractivity (Wildman–Crippen MR) is 91.4 cm³/mol. The van der Waals surface area contributed by atoms with Crippen molar-refractivity contribution in [3.8, 4) is 0 Å². The van der Waals surface area contributed by atoms with Gasteiger partial charge in [0.2, 0.25) is 0 Å². The lowest BCUT2D eigenvalue weighted by atomic mass is 10.1. The number of morpholine rings is 1. The van der Waals surface area contributed by atoms with Crippen LogP contribution in [-0.2, 0) is 11.8 Å². The van der Waals surface area contributed by atoms with E-state index in [0.29, 0.717) is 25.5 Å². The SMILES string of the molecule is Cn1ccc(C(=O)N2CCOC[C@H]2c2csc(N3CCCC3)n2)n1. The van der Waals surface area contributed by atoms with Gasteiger partial charge in [0.25, 0.3) is 5.91 Å². The summed E-state index contributed by atoms with van der Waals surface area (Å²) in [5.74, 6) is -0.0559. The van der Waals surface area contributed by atoms with Crippen molar-refractivity contribution < 1.29 is 9.53 Å².